The van der Waals surface area contributed by atoms with Gasteiger partial charge in [-0.1, -0.05) is 55.5 Å². The third-order valence-electron chi connectivity index (χ3n) is 3.99. The van der Waals surface area contributed by atoms with Crippen LogP contribution in [0.4, 0.5) is 0 Å². The first-order valence-electron chi connectivity index (χ1n) is 8.19. The van der Waals surface area contributed by atoms with Gasteiger partial charge in [-0.15, -0.1) is 0 Å². The van der Waals surface area contributed by atoms with Gasteiger partial charge in [0.25, 0.3) is 0 Å². The Kier molecular flexibility index (Phi) is 9.42. The van der Waals surface area contributed by atoms with Crippen molar-refractivity contribution in [2.75, 3.05) is 13.6 Å². The fourth-order valence-corrected chi connectivity index (χ4v) is 3.13. The summed E-state index contributed by atoms with van der Waals surface area (Å²) >= 11 is 6.10. The molecule has 0 aromatic heterocycles. The molecule has 0 unspecified atom stereocenters. The molecular weight excluding hydrogens is 304 g/mol. The van der Waals surface area contributed by atoms with Crippen LogP contribution in [0.3, 0.4) is 0 Å². The van der Waals surface area contributed by atoms with Crippen molar-refractivity contribution in [1.29, 1.82) is 0 Å². The van der Waals surface area contributed by atoms with Crippen LogP contribution in [0.2, 0.25) is 5.02 Å². The predicted molar refractivity (Wildman–Crippen MR) is 103 cm³/mol. The molecule has 1 heterocycles. The average Bonchev–Trinajstić information content (AvgIpc) is 2.54. The second kappa shape index (κ2) is 11.1. The molecule has 2 rings (SSSR count). The van der Waals surface area contributed by atoms with Crippen molar-refractivity contribution in [3.8, 4) is 0 Å². The van der Waals surface area contributed by atoms with E-state index in [1.54, 1.807) is 18.4 Å². The summed E-state index contributed by atoms with van der Waals surface area (Å²) < 4.78 is 0. The van der Waals surface area contributed by atoms with E-state index in [-0.39, 0.29) is 0 Å². The summed E-state index contributed by atoms with van der Waals surface area (Å²) in [4.78, 5) is 2.39. The zero-order chi connectivity index (χ0) is 17.1. The maximum absolute atomic E-state index is 6.10. The lowest BCUT2D eigenvalue weighted by molar-refractivity contribution is 0.272. The highest BCUT2D eigenvalue weighted by molar-refractivity contribution is 6.30. The summed E-state index contributed by atoms with van der Waals surface area (Å²) in [5, 5.41) is 0.848. The number of fused-ring (bicyclic) bond motifs is 1. The number of allylic oxidation sites excluding steroid dienone is 3. The predicted octanol–water partition coefficient (Wildman–Crippen LogP) is 5.26. The fraction of sp³-hybridized carbons (Fsp3) is 0.400. The smallest absolute Gasteiger partial charge is 0.0409 e. The van der Waals surface area contributed by atoms with Gasteiger partial charge in [0.1, 0.15) is 0 Å². The minimum atomic E-state index is 0.646. The van der Waals surface area contributed by atoms with Crippen LogP contribution < -0.4 is 5.73 Å². The highest BCUT2D eigenvalue weighted by Crippen LogP contribution is 2.32. The molecular formula is C20H29ClN2. The highest BCUT2D eigenvalue weighted by Gasteiger charge is 2.22. The van der Waals surface area contributed by atoms with E-state index in [2.05, 4.69) is 37.2 Å². The number of hydrogen-bond donors (Lipinski definition) is 1. The van der Waals surface area contributed by atoms with Gasteiger partial charge < -0.3 is 10.6 Å². The van der Waals surface area contributed by atoms with Gasteiger partial charge in [-0.25, -0.2) is 0 Å². The summed E-state index contributed by atoms with van der Waals surface area (Å²) in [5.41, 5.74) is 8.24. The first-order valence-corrected chi connectivity index (χ1v) is 8.57. The Morgan fingerprint density at radius 3 is 2.70 bits per heavy atom. The van der Waals surface area contributed by atoms with E-state index in [1.165, 1.54) is 30.4 Å². The monoisotopic (exact) mass is 332 g/mol. The Morgan fingerprint density at radius 1 is 1.30 bits per heavy atom. The lowest BCUT2D eigenvalue weighted by Gasteiger charge is -2.32. The molecule has 0 fully saturated rings. The zero-order valence-electron chi connectivity index (χ0n) is 14.2. The quantitative estimate of drug-likeness (QED) is 0.568. The second-order valence-corrected chi connectivity index (χ2v) is 6.36. The van der Waals surface area contributed by atoms with Crippen molar-refractivity contribution < 1.29 is 0 Å². The Labute approximate surface area is 146 Å². The van der Waals surface area contributed by atoms with E-state index >= 15 is 0 Å². The van der Waals surface area contributed by atoms with Gasteiger partial charge in [0.15, 0.2) is 0 Å². The van der Waals surface area contributed by atoms with Crippen molar-refractivity contribution in [3.05, 3.63) is 71.9 Å². The summed E-state index contributed by atoms with van der Waals surface area (Å²) in [7, 11) is 2.19. The lowest BCUT2D eigenvalue weighted by Crippen LogP contribution is -2.30. The standard InChI is InChI=1S/C16H23ClN2.C4H6/c1-19-11-13(6-4-2-3-5-9-18)16-8-7-15(17)10-14(16)12-19;1-3-4-2/h5,7-10,13H,2-4,6,11-12,18H2,1H3;3-4H,1-2H2/b9-5-;/t13-;/m1./s1. The molecule has 0 saturated carbocycles. The number of nitrogens with zero attached hydrogens (tertiary/aromatic N) is 1. The van der Waals surface area contributed by atoms with E-state index in [1.807, 2.05) is 12.1 Å². The molecule has 0 aliphatic carbocycles. The first-order chi connectivity index (χ1) is 11.1. The molecule has 1 aliphatic rings. The maximum Gasteiger partial charge on any atom is 0.0409 e. The average molecular weight is 333 g/mol. The van der Waals surface area contributed by atoms with E-state index in [0.29, 0.717) is 5.92 Å². The molecule has 0 spiro atoms. The molecule has 1 aromatic carbocycles. The topological polar surface area (TPSA) is 29.3 Å². The molecule has 1 aliphatic heterocycles. The van der Waals surface area contributed by atoms with Gasteiger partial charge in [0, 0.05) is 18.1 Å². The minimum Gasteiger partial charge on any atom is -0.405 e. The zero-order valence-corrected chi connectivity index (χ0v) is 14.9. The van der Waals surface area contributed by atoms with Crippen molar-refractivity contribution in [2.24, 2.45) is 5.73 Å². The Morgan fingerprint density at radius 2 is 2.04 bits per heavy atom. The Balaban J connectivity index is 0.000000593. The van der Waals surface area contributed by atoms with E-state index < -0.39 is 0 Å². The van der Waals surface area contributed by atoms with Gasteiger partial charge in [0.05, 0.1) is 0 Å². The highest BCUT2D eigenvalue weighted by atomic mass is 35.5. The largest absolute Gasteiger partial charge is 0.405 e. The van der Waals surface area contributed by atoms with Gasteiger partial charge >= 0.3 is 0 Å². The number of halogens is 1. The number of nitrogens with two attached hydrogens (primary N) is 1. The Hall–Kier alpha value is -1.51. The van der Waals surface area contributed by atoms with Crippen molar-refractivity contribution >= 4 is 11.6 Å². The molecule has 1 atom stereocenters. The molecule has 0 bridgehead atoms. The lowest BCUT2D eigenvalue weighted by atomic mass is 9.86. The van der Waals surface area contributed by atoms with Gasteiger partial charge in [-0.05, 0) is 61.7 Å². The molecule has 3 heteroatoms. The normalized spacial score (nSPS) is 17.2. The minimum absolute atomic E-state index is 0.646. The van der Waals surface area contributed by atoms with Crippen LogP contribution in [0.15, 0.2) is 55.8 Å². The molecule has 23 heavy (non-hydrogen) atoms. The number of benzene rings is 1. The van der Waals surface area contributed by atoms with Crippen LogP contribution >= 0.6 is 11.6 Å². The van der Waals surface area contributed by atoms with Crippen LogP contribution in [-0.2, 0) is 6.54 Å². The van der Waals surface area contributed by atoms with Crippen molar-refractivity contribution in [3.63, 3.8) is 0 Å². The molecule has 2 N–H and O–H groups in total. The number of unbranched alkanes of at least 4 members (excludes halogenated alkanes) is 2. The van der Waals surface area contributed by atoms with Crippen molar-refractivity contribution in [2.45, 2.75) is 38.1 Å². The molecule has 126 valence electrons. The number of likely N-dealkylation sites (N-methyl/N-ethyl adjacent to an activating group) is 1. The fourth-order valence-electron chi connectivity index (χ4n) is 2.94. The van der Waals surface area contributed by atoms with Gasteiger partial charge in [0.2, 0.25) is 0 Å². The summed E-state index contributed by atoms with van der Waals surface area (Å²) in [6, 6.07) is 6.36. The SMILES string of the molecule is C=CC=C.CN1Cc2cc(Cl)ccc2[C@H](CCCC/C=C\N)C1. The van der Waals surface area contributed by atoms with E-state index in [0.717, 1.165) is 24.5 Å². The van der Waals surface area contributed by atoms with Gasteiger partial charge in [-0.2, -0.15) is 0 Å². The second-order valence-electron chi connectivity index (χ2n) is 5.92. The maximum atomic E-state index is 6.10. The van der Waals surface area contributed by atoms with Crippen LogP contribution in [0.5, 0.6) is 0 Å². The molecule has 0 saturated heterocycles. The van der Waals surface area contributed by atoms with Crippen molar-refractivity contribution in [1.82, 2.24) is 4.90 Å². The molecule has 1 aromatic rings. The summed E-state index contributed by atoms with van der Waals surface area (Å²) in [5.74, 6) is 0.646. The molecule has 0 radical (unpaired) electrons. The van der Waals surface area contributed by atoms with Crippen LogP contribution in [0.1, 0.15) is 42.7 Å². The number of hydrogen-bond acceptors (Lipinski definition) is 2. The van der Waals surface area contributed by atoms with E-state index in [4.69, 9.17) is 17.3 Å². The Bertz CT molecular complexity index is 516. The van der Waals surface area contributed by atoms with Crippen LogP contribution in [0, 0.1) is 0 Å². The number of rotatable bonds is 6. The molecule has 0 amide bonds. The summed E-state index contributed by atoms with van der Waals surface area (Å²) in [6.45, 7) is 8.89. The molecule has 2 nitrogen and oxygen atoms in total. The van der Waals surface area contributed by atoms with Crippen LogP contribution in [0.25, 0.3) is 0 Å². The van der Waals surface area contributed by atoms with Crippen LogP contribution in [-0.4, -0.2) is 18.5 Å². The first kappa shape index (κ1) is 19.5. The summed E-state index contributed by atoms with van der Waals surface area (Å²) in [6.07, 6.45) is 11.8. The third kappa shape index (κ3) is 7.06. The van der Waals surface area contributed by atoms with Gasteiger partial charge in [-0.3, -0.25) is 0 Å². The third-order valence-corrected chi connectivity index (χ3v) is 4.23. The van der Waals surface area contributed by atoms with E-state index in [9.17, 15) is 0 Å².